The Kier molecular flexibility index (Phi) is 4.73. The second-order valence-corrected chi connectivity index (χ2v) is 5.05. The third-order valence-corrected chi connectivity index (χ3v) is 3.60. The van der Waals surface area contributed by atoms with Crippen molar-refractivity contribution in [2.45, 2.75) is 12.8 Å². The molecule has 2 heterocycles. The van der Waals surface area contributed by atoms with E-state index in [4.69, 9.17) is 0 Å². The van der Waals surface area contributed by atoms with Crippen LogP contribution in [-0.4, -0.2) is 55.1 Å². The van der Waals surface area contributed by atoms with Gasteiger partial charge in [-0.2, -0.15) is 0 Å². The number of hydrogen-bond acceptors (Lipinski definition) is 6. The van der Waals surface area contributed by atoms with Crippen LogP contribution in [0.3, 0.4) is 0 Å². The number of likely N-dealkylation sites (N-methyl/N-ethyl adjacent to an activating group) is 1. The first-order valence-corrected chi connectivity index (χ1v) is 6.88. The van der Waals surface area contributed by atoms with Gasteiger partial charge < -0.3 is 15.1 Å². The molecule has 0 bridgehead atoms. The Morgan fingerprint density at radius 1 is 1.45 bits per heavy atom. The van der Waals surface area contributed by atoms with Crippen molar-refractivity contribution in [2.24, 2.45) is 0 Å². The molecule has 1 aromatic heterocycles. The normalized spacial score (nSPS) is 15.3. The van der Waals surface area contributed by atoms with E-state index in [1.54, 1.807) is 7.05 Å². The number of aromatic nitrogens is 1. The number of anilines is 2. The van der Waals surface area contributed by atoms with Crippen molar-refractivity contribution >= 4 is 17.3 Å². The summed E-state index contributed by atoms with van der Waals surface area (Å²) in [6, 6.07) is 2.96. The van der Waals surface area contributed by atoms with Gasteiger partial charge >= 0.3 is 0 Å². The SMILES string of the molecule is CNc1cc([N+](=O)[O-])cc(N(C)CCN2CCCC2)n1. The van der Waals surface area contributed by atoms with Gasteiger partial charge in [0.25, 0.3) is 5.69 Å². The molecule has 0 atom stereocenters. The Labute approximate surface area is 118 Å². The molecule has 0 amide bonds. The minimum absolute atomic E-state index is 0.0624. The number of likely N-dealkylation sites (tertiary alicyclic amines) is 1. The third kappa shape index (κ3) is 3.57. The van der Waals surface area contributed by atoms with Crippen molar-refractivity contribution in [1.82, 2.24) is 9.88 Å². The molecule has 0 aromatic carbocycles. The molecular formula is C13H21N5O2. The fourth-order valence-corrected chi connectivity index (χ4v) is 2.34. The molecule has 0 aliphatic carbocycles. The van der Waals surface area contributed by atoms with Crippen LogP contribution < -0.4 is 10.2 Å². The summed E-state index contributed by atoms with van der Waals surface area (Å²) in [5.41, 5.74) is 0.0624. The Hall–Kier alpha value is -1.89. The van der Waals surface area contributed by atoms with E-state index in [-0.39, 0.29) is 10.6 Å². The number of nitrogens with one attached hydrogen (secondary N) is 1. The van der Waals surface area contributed by atoms with Crippen LogP contribution in [0.15, 0.2) is 12.1 Å². The molecule has 0 radical (unpaired) electrons. The topological polar surface area (TPSA) is 74.5 Å². The molecule has 0 saturated carbocycles. The average molecular weight is 279 g/mol. The summed E-state index contributed by atoms with van der Waals surface area (Å²) in [6.07, 6.45) is 2.53. The highest BCUT2D eigenvalue weighted by molar-refractivity contribution is 5.55. The van der Waals surface area contributed by atoms with E-state index >= 15 is 0 Å². The van der Waals surface area contributed by atoms with Crippen LogP contribution in [0.1, 0.15) is 12.8 Å². The largest absolute Gasteiger partial charge is 0.373 e. The van der Waals surface area contributed by atoms with E-state index < -0.39 is 0 Å². The van der Waals surface area contributed by atoms with Gasteiger partial charge in [-0.15, -0.1) is 0 Å². The second-order valence-electron chi connectivity index (χ2n) is 5.05. The summed E-state index contributed by atoms with van der Waals surface area (Å²) in [5.74, 6) is 1.14. The number of nitro groups is 1. The van der Waals surface area contributed by atoms with Gasteiger partial charge in [0.2, 0.25) is 0 Å². The van der Waals surface area contributed by atoms with Gasteiger partial charge in [0.1, 0.15) is 11.6 Å². The fourth-order valence-electron chi connectivity index (χ4n) is 2.34. The zero-order chi connectivity index (χ0) is 14.5. The molecule has 1 N–H and O–H groups in total. The smallest absolute Gasteiger partial charge is 0.276 e. The lowest BCUT2D eigenvalue weighted by atomic mass is 10.3. The molecule has 0 unspecified atom stereocenters. The van der Waals surface area contributed by atoms with Gasteiger partial charge in [-0.05, 0) is 25.9 Å². The van der Waals surface area contributed by atoms with Crippen LogP contribution >= 0.6 is 0 Å². The van der Waals surface area contributed by atoms with Crippen LogP contribution in [0, 0.1) is 10.1 Å². The van der Waals surface area contributed by atoms with Gasteiger partial charge in [-0.1, -0.05) is 0 Å². The quantitative estimate of drug-likeness (QED) is 0.629. The number of pyridine rings is 1. The van der Waals surface area contributed by atoms with Crippen molar-refractivity contribution in [3.05, 3.63) is 22.2 Å². The highest BCUT2D eigenvalue weighted by atomic mass is 16.6. The Bertz CT molecular complexity index is 474. The Balaban J connectivity index is 2.05. The van der Waals surface area contributed by atoms with Crippen molar-refractivity contribution in [2.75, 3.05) is 50.5 Å². The summed E-state index contributed by atoms with van der Waals surface area (Å²) in [6.45, 7) is 4.09. The predicted molar refractivity (Wildman–Crippen MR) is 79.4 cm³/mol. The lowest BCUT2D eigenvalue weighted by Crippen LogP contribution is -2.31. The first-order chi connectivity index (χ1) is 9.60. The van der Waals surface area contributed by atoms with E-state index in [9.17, 15) is 10.1 Å². The zero-order valence-electron chi connectivity index (χ0n) is 12.0. The molecule has 1 aliphatic heterocycles. The maximum Gasteiger partial charge on any atom is 0.276 e. The molecule has 2 rings (SSSR count). The fraction of sp³-hybridized carbons (Fsp3) is 0.615. The Morgan fingerprint density at radius 2 is 2.15 bits per heavy atom. The summed E-state index contributed by atoms with van der Waals surface area (Å²) >= 11 is 0. The summed E-state index contributed by atoms with van der Waals surface area (Å²) in [4.78, 5) is 19.3. The number of nitrogens with zero attached hydrogens (tertiary/aromatic N) is 4. The summed E-state index contributed by atoms with van der Waals surface area (Å²) in [5, 5.41) is 13.8. The van der Waals surface area contributed by atoms with E-state index in [0.717, 1.165) is 26.2 Å². The lowest BCUT2D eigenvalue weighted by Gasteiger charge is -2.22. The van der Waals surface area contributed by atoms with E-state index in [1.807, 2.05) is 11.9 Å². The maximum absolute atomic E-state index is 10.9. The highest BCUT2D eigenvalue weighted by Gasteiger charge is 2.15. The van der Waals surface area contributed by atoms with Gasteiger partial charge in [0, 0.05) is 27.2 Å². The van der Waals surface area contributed by atoms with Crippen LogP contribution in [0.2, 0.25) is 0 Å². The number of rotatable bonds is 6. The predicted octanol–water partition coefficient (Wildman–Crippen LogP) is 1.56. The van der Waals surface area contributed by atoms with Crippen molar-refractivity contribution in [3.8, 4) is 0 Å². The first kappa shape index (κ1) is 14.5. The van der Waals surface area contributed by atoms with Crippen molar-refractivity contribution in [3.63, 3.8) is 0 Å². The lowest BCUT2D eigenvalue weighted by molar-refractivity contribution is -0.384. The van der Waals surface area contributed by atoms with Crippen LogP contribution in [0.25, 0.3) is 0 Å². The van der Waals surface area contributed by atoms with Crippen LogP contribution in [0.4, 0.5) is 17.3 Å². The third-order valence-electron chi connectivity index (χ3n) is 3.60. The minimum Gasteiger partial charge on any atom is -0.373 e. The second kappa shape index (κ2) is 6.51. The standard InChI is InChI=1S/C13H21N5O2/c1-14-12-9-11(18(19)20)10-13(15-12)16(2)7-8-17-5-3-4-6-17/h9-10H,3-8H2,1-2H3,(H,14,15). The van der Waals surface area contributed by atoms with E-state index in [0.29, 0.717) is 11.6 Å². The summed E-state index contributed by atoms with van der Waals surface area (Å²) in [7, 11) is 3.63. The van der Waals surface area contributed by atoms with Crippen molar-refractivity contribution in [1.29, 1.82) is 0 Å². The maximum atomic E-state index is 10.9. The van der Waals surface area contributed by atoms with E-state index in [2.05, 4.69) is 15.2 Å². The molecule has 110 valence electrons. The molecule has 20 heavy (non-hydrogen) atoms. The van der Waals surface area contributed by atoms with Crippen LogP contribution in [0.5, 0.6) is 0 Å². The first-order valence-electron chi connectivity index (χ1n) is 6.88. The van der Waals surface area contributed by atoms with Crippen molar-refractivity contribution < 1.29 is 4.92 Å². The molecule has 1 aliphatic rings. The summed E-state index contributed by atoms with van der Waals surface area (Å²) < 4.78 is 0. The molecular weight excluding hydrogens is 258 g/mol. The van der Waals surface area contributed by atoms with Gasteiger partial charge in [0.15, 0.2) is 0 Å². The molecule has 1 fully saturated rings. The monoisotopic (exact) mass is 279 g/mol. The Morgan fingerprint density at radius 3 is 2.75 bits per heavy atom. The molecule has 7 heteroatoms. The molecule has 1 aromatic rings. The van der Waals surface area contributed by atoms with Gasteiger partial charge in [-0.3, -0.25) is 10.1 Å². The van der Waals surface area contributed by atoms with Gasteiger partial charge in [-0.25, -0.2) is 4.98 Å². The van der Waals surface area contributed by atoms with Crippen LogP contribution in [-0.2, 0) is 0 Å². The molecule has 7 nitrogen and oxygen atoms in total. The van der Waals surface area contributed by atoms with Gasteiger partial charge in [0.05, 0.1) is 17.1 Å². The molecule has 1 saturated heterocycles. The molecule has 0 spiro atoms. The zero-order valence-corrected chi connectivity index (χ0v) is 12.0. The minimum atomic E-state index is -0.389. The number of hydrogen-bond donors (Lipinski definition) is 1. The average Bonchev–Trinajstić information content (AvgIpc) is 2.97. The highest BCUT2D eigenvalue weighted by Crippen LogP contribution is 2.22. The van der Waals surface area contributed by atoms with E-state index in [1.165, 1.54) is 25.0 Å².